The third kappa shape index (κ3) is 3.39. The minimum atomic E-state index is -0.197. The van der Waals surface area contributed by atoms with E-state index < -0.39 is 0 Å². The standard InChI is InChI=1S/C13H16FN3/c1-11(12-3-5-13(14)6-4-12)15-8-10-17-9-2-7-16-17/h2-7,9,11,15H,8,10H2,1H3. The molecule has 0 amide bonds. The zero-order valence-electron chi connectivity index (χ0n) is 9.81. The molecule has 0 bridgehead atoms. The van der Waals surface area contributed by atoms with Crippen molar-refractivity contribution in [3.63, 3.8) is 0 Å². The van der Waals surface area contributed by atoms with Crippen LogP contribution in [0.4, 0.5) is 4.39 Å². The van der Waals surface area contributed by atoms with Crippen molar-refractivity contribution in [2.45, 2.75) is 19.5 Å². The van der Waals surface area contributed by atoms with Crippen LogP contribution >= 0.6 is 0 Å². The van der Waals surface area contributed by atoms with Crippen LogP contribution in [-0.4, -0.2) is 16.3 Å². The molecule has 90 valence electrons. The molecule has 2 aromatic rings. The summed E-state index contributed by atoms with van der Waals surface area (Å²) in [5, 5.41) is 7.50. The van der Waals surface area contributed by atoms with Gasteiger partial charge in [0.15, 0.2) is 0 Å². The first-order chi connectivity index (χ1) is 8.25. The summed E-state index contributed by atoms with van der Waals surface area (Å²) in [6, 6.07) is 8.71. The van der Waals surface area contributed by atoms with Gasteiger partial charge in [-0.3, -0.25) is 4.68 Å². The number of rotatable bonds is 5. The second-order valence-electron chi connectivity index (χ2n) is 4.00. The summed E-state index contributed by atoms with van der Waals surface area (Å²) in [6.45, 7) is 3.73. The Hall–Kier alpha value is -1.68. The smallest absolute Gasteiger partial charge is 0.123 e. The van der Waals surface area contributed by atoms with E-state index in [1.807, 2.05) is 16.9 Å². The van der Waals surface area contributed by atoms with E-state index in [9.17, 15) is 4.39 Å². The first-order valence-corrected chi connectivity index (χ1v) is 5.72. The van der Waals surface area contributed by atoms with Crippen molar-refractivity contribution in [2.75, 3.05) is 6.54 Å². The molecular weight excluding hydrogens is 217 g/mol. The lowest BCUT2D eigenvalue weighted by Crippen LogP contribution is -2.23. The van der Waals surface area contributed by atoms with E-state index in [1.165, 1.54) is 12.1 Å². The Kier molecular flexibility index (Phi) is 3.88. The van der Waals surface area contributed by atoms with Crippen LogP contribution in [0.25, 0.3) is 0 Å². The maximum atomic E-state index is 12.8. The Morgan fingerprint density at radius 2 is 2.12 bits per heavy atom. The molecule has 0 aliphatic carbocycles. The number of nitrogens with one attached hydrogen (secondary N) is 1. The molecule has 0 aliphatic heterocycles. The van der Waals surface area contributed by atoms with Crippen molar-refractivity contribution in [3.05, 3.63) is 54.1 Å². The van der Waals surface area contributed by atoms with Gasteiger partial charge in [0, 0.05) is 25.0 Å². The van der Waals surface area contributed by atoms with Gasteiger partial charge in [-0.15, -0.1) is 0 Å². The van der Waals surface area contributed by atoms with Crippen molar-refractivity contribution in [3.8, 4) is 0 Å². The lowest BCUT2D eigenvalue weighted by molar-refractivity contribution is 0.507. The van der Waals surface area contributed by atoms with E-state index in [4.69, 9.17) is 0 Å². The summed E-state index contributed by atoms with van der Waals surface area (Å²) in [5.41, 5.74) is 1.09. The Bertz CT molecular complexity index is 436. The van der Waals surface area contributed by atoms with Gasteiger partial charge in [-0.05, 0) is 30.7 Å². The summed E-state index contributed by atoms with van der Waals surface area (Å²) in [4.78, 5) is 0. The quantitative estimate of drug-likeness (QED) is 0.859. The van der Waals surface area contributed by atoms with Crippen LogP contribution in [0.5, 0.6) is 0 Å². The molecule has 17 heavy (non-hydrogen) atoms. The predicted octanol–water partition coefficient (Wildman–Crippen LogP) is 2.37. The lowest BCUT2D eigenvalue weighted by atomic mass is 10.1. The zero-order chi connectivity index (χ0) is 12.1. The molecule has 0 saturated carbocycles. The van der Waals surface area contributed by atoms with Crippen molar-refractivity contribution in [1.29, 1.82) is 0 Å². The van der Waals surface area contributed by atoms with Crippen molar-refractivity contribution < 1.29 is 4.39 Å². The van der Waals surface area contributed by atoms with Gasteiger partial charge in [-0.1, -0.05) is 12.1 Å². The maximum absolute atomic E-state index is 12.8. The molecule has 0 aliphatic rings. The highest BCUT2D eigenvalue weighted by Crippen LogP contribution is 2.12. The average molecular weight is 233 g/mol. The summed E-state index contributed by atoms with van der Waals surface area (Å²) in [6.07, 6.45) is 3.70. The molecule has 2 rings (SSSR count). The molecule has 0 saturated heterocycles. The lowest BCUT2D eigenvalue weighted by Gasteiger charge is -2.14. The van der Waals surface area contributed by atoms with Crippen LogP contribution in [-0.2, 0) is 6.54 Å². The third-order valence-corrected chi connectivity index (χ3v) is 2.72. The summed E-state index contributed by atoms with van der Waals surface area (Å²) >= 11 is 0. The number of halogens is 1. The molecule has 0 fully saturated rings. The van der Waals surface area contributed by atoms with Gasteiger partial charge in [-0.2, -0.15) is 5.10 Å². The Labute approximate surface area is 100 Å². The number of aromatic nitrogens is 2. The van der Waals surface area contributed by atoms with Crippen molar-refractivity contribution in [1.82, 2.24) is 15.1 Å². The van der Waals surface area contributed by atoms with Gasteiger partial charge in [0.05, 0.1) is 6.54 Å². The van der Waals surface area contributed by atoms with Gasteiger partial charge in [0.2, 0.25) is 0 Å². The second-order valence-corrected chi connectivity index (χ2v) is 4.00. The van der Waals surface area contributed by atoms with Crippen LogP contribution in [0.3, 0.4) is 0 Å². The van der Waals surface area contributed by atoms with Gasteiger partial charge >= 0.3 is 0 Å². The molecule has 1 heterocycles. The molecule has 3 nitrogen and oxygen atoms in total. The second kappa shape index (κ2) is 5.59. The van der Waals surface area contributed by atoms with Crippen molar-refractivity contribution in [2.24, 2.45) is 0 Å². The highest BCUT2D eigenvalue weighted by molar-refractivity contribution is 5.19. The molecule has 1 atom stereocenters. The molecular formula is C13H16FN3. The number of nitrogens with zero attached hydrogens (tertiary/aromatic N) is 2. The SMILES string of the molecule is CC(NCCn1cccn1)c1ccc(F)cc1. The highest BCUT2D eigenvalue weighted by Gasteiger charge is 2.04. The fraction of sp³-hybridized carbons (Fsp3) is 0.308. The summed E-state index contributed by atoms with van der Waals surface area (Å²) < 4.78 is 14.6. The van der Waals surface area contributed by atoms with Crippen LogP contribution in [0.15, 0.2) is 42.7 Å². The van der Waals surface area contributed by atoms with Gasteiger partial charge in [-0.25, -0.2) is 4.39 Å². The largest absolute Gasteiger partial charge is 0.308 e. The number of hydrogen-bond acceptors (Lipinski definition) is 2. The minimum Gasteiger partial charge on any atom is -0.308 e. The maximum Gasteiger partial charge on any atom is 0.123 e. The third-order valence-electron chi connectivity index (χ3n) is 2.72. The van der Waals surface area contributed by atoms with Crippen LogP contribution < -0.4 is 5.32 Å². The van der Waals surface area contributed by atoms with E-state index >= 15 is 0 Å². The van der Waals surface area contributed by atoms with E-state index in [1.54, 1.807) is 18.3 Å². The molecule has 1 aromatic heterocycles. The Balaban J connectivity index is 1.81. The van der Waals surface area contributed by atoms with E-state index in [0.29, 0.717) is 0 Å². The fourth-order valence-corrected chi connectivity index (χ4v) is 1.70. The predicted molar refractivity (Wildman–Crippen MR) is 65.0 cm³/mol. The molecule has 1 aromatic carbocycles. The van der Waals surface area contributed by atoms with Crippen LogP contribution in [0, 0.1) is 5.82 Å². The molecule has 4 heteroatoms. The van der Waals surface area contributed by atoms with Gasteiger partial charge in [0.1, 0.15) is 5.82 Å². The number of benzene rings is 1. The van der Waals surface area contributed by atoms with Crippen LogP contribution in [0.1, 0.15) is 18.5 Å². The zero-order valence-corrected chi connectivity index (χ0v) is 9.81. The molecule has 0 radical (unpaired) electrons. The molecule has 1 unspecified atom stereocenters. The topological polar surface area (TPSA) is 29.9 Å². The normalized spacial score (nSPS) is 12.6. The van der Waals surface area contributed by atoms with E-state index in [-0.39, 0.29) is 11.9 Å². The Morgan fingerprint density at radius 3 is 2.76 bits per heavy atom. The number of hydrogen-bond donors (Lipinski definition) is 1. The van der Waals surface area contributed by atoms with E-state index in [0.717, 1.165) is 18.7 Å². The van der Waals surface area contributed by atoms with Crippen LogP contribution in [0.2, 0.25) is 0 Å². The van der Waals surface area contributed by atoms with Gasteiger partial charge < -0.3 is 5.32 Å². The average Bonchev–Trinajstić information content (AvgIpc) is 2.83. The monoisotopic (exact) mass is 233 g/mol. The fourth-order valence-electron chi connectivity index (χ4n) is 1.70. The molecule has 0 spiro atoms. The first kappa shape index (κ1) is 11.8. The summed E-state index contributed by atoms with van der Waals surface area (Å²) in [7, 11) is 0. The minimum absolute atomic E-state index is 0.197. The van der Waals surface area contributed by atoms with Gasteiger partial charge in [0.25, 0.3) is 0 Å². The van der Waals surface area contributed by atoms with E-state index in [2.05, 4.69) is 17.3 Å². The Morgan fingerprint density at radius 1 is 1.35 bits per heavy atom. The first-order valence-electron chi connectivity index (χ1n) is 5.72. The highest BCUT2D eigenvalue weighted by atomic mass is 19.1. The summed E-state index contributed by atoms with van der Waals surface area (Å²) in [5.74, 6) is -0.197. The van der Waals surface area contributed by atoms with Crippen molar-refractivity contribution >= 4 is 0 Å². The molecule has 1 N–H and O–H groups in total.